The van der Waals surface area contributed by atoms with Crippen molar-refractivity contribution in [2.75, 3.05) is 0 Å². The van der Waals surface area contributed by atoms with Crippen LogP contribution >= 0.6 is 11.6 Å². The largest absolute Gasteiger partial charge is 0.103 e. The second-order valence-corrected chi connectivity index (χ2v) is 4.59. The van der Waals surface area contributed by atoms with Gasteiger partial charge in [-0.25, -0.2) is 0 Å². The van der Waals surface area contributed by atoms with Gasteiger partial charge in [0.2, 0.25) is 0 Å². The van der Waals surface area contributed by atoms with E-state index >= 15 is 0 Å². The van der Waals surface area contributed by atoms with Gasteiger partial charge in [-0.15, -0.1) is 6.58 Å². The van der Waals surface area contributed by atoms with E-state index in [-0.39, 0.29) is 0 Å². The van der Waals surface area contributed by atoms with Crippen molar-refractivity contribution in [3.05, 3.63) is 47.5 Å². The summed E-state index contributed by atoms with van der Waals surface area (Å²) >= 11 is 6.09. The van der Waals surface area contributed by atoms with Gasteiger partial charge in [-0.05, 0) is 37.3 Å². The minimum Gasteiger partial charge on any atom is -0.103 e. The van der Waals surface area contributed by atoms with Crippen LogP contribution in [0.3, 0.4) is 0 Å². The molecule has 16 heavy (non-hydrogen) atoms. The molecule has 0 atom stereocenters. The molecule has 0 aromatic heterocycles. The normalized spacial score (nSPS) is 10.3. The minimum atomic E-state index is 0.911. The van der Waals surface area contributed by atoms with E-state index in [9.17, 15) is 0 Å². The van der Waals surface area contributed by atoms with Gasteiger partial charge in [-0.1, -0.05) is 55.1 Å². The molecule has 0 aliphatic heterocycles. The molecule has 1 aromatic carbocycles. The van der Waals surface area contributed by atoms with Crippen molar-refractivity contribution in [2.24, 2.45) is 0 Å². The average molecular weight is 237 g/mol. The first kappa shape index (κ1) is 13.3. The third-order valence-electron chi connectivity index (χ3n) is 2.81. The Balaban J connectivity index is 2.07. The SMILES string of the molecule is C=CCCCCCCCc1ccccc1Cl. The van der Waals surface area contributed by atoms with Crippen molar-refractivity contribution in [3.8, 4) is 0 Å². The van der Waals surface area contributed by atoms with Crippen LogP contribution in [-0.2, 0) is 6.42 Å². The van der Waals surface area contributed by atoms with Gasteiger partial charge in [-0.2, -0.15) is 0 Å². The molecule has 0 heterocycles. The second kappa shape index (κ2) is 8.41. The summed E-state index contributed by atoms with van der Waals surface area (Å²) in [7, 11) is 0. The Labute approximate surface area is 104 Å². The first-order chi connectivity index (χ1) is 7.84. The first-order valence-electron chi connectivity index (χ1n) is 6.19. The average Bonchev–Trinajstić information content (AvgIpc) is 2.30. The number of hydrogen-bond acceptors (Lipinski definition) is 0. The van der Waals surface area contributed by atoms with Crippen molar-refractivity contribution in [2.45, 2.75) is 44.9 Å². The van der Waals surface area contributed by atoms with Crippen LogP contribution in [0.4, 0.5) is 0 Å². The molecule has 0 nitrogen and oxygen atoms in total. The van der Waals surface area contributed by atoms with Crippen molar-refractivity contribution >= 4 is 11.6 Å². The quantitative estimate of drug-likeness (QED) is 0.418. The van der Waals surface area contributed by atoms with Gasteiger partial charge in [0.15, 0.2) is 0 Å². The third kappa shape index (κ3) is 5.37. The Morgan fingerprint density at radius 3 is 2.44 bits per heavy atom. The Morgan fingerprint density at radius 1 is 1.00 bits per heavy atom. The van der Waals surface area contributed by atoms with Crippen LogP contribution in [-0.4, -0.2) is 0 Å². The van der Waals surface area contributed by atoms with E-state index < -0.39 is 0 Å². The molecule has 1 aromatic rings. The number of rotatable bonds is 8. The summed E-state index contributed by atoms with van der Waals surface area (Å²) < 4.78 is 0. The van der Waals surface area contributed by atoms with Gasteiger partial charge in [-0.3, -0.25) is 0 Å². The minimum absolute atomic E-state index is 0.911. The van der Waals surface area contributed by atoms with Crippen molar-refractivity contribution in [1.82, 2.24) is 0 Å². The molecule has 0 bridgehead atoms. The van der Waals surface area contributed by atoms with E-state index in [4.69, 9.17) is 11.6 Å². The van der Waals surface area contributed by atoms with Crippen molar-refractivity contribution in [1.29, 1.82) is 0 Å². The summed E-state index contributed by atoms with van der Waals surface area (Å²) in [6.07, 6.45) is 10.8. The summed E-state index contributed by atoms with van der Waals surface area (Å²) in [5, 5.41) is 0.911. The van der Waals surface area contributed by atoms with Crippen molar-refractivity contribution < 1.29 is 0 Å². The fourth-order valence-corrected chi connectivity index (χ4v) is 2.07. The fraction of sp³-hybridized carbons (Fsp3) is 0.467. The standard InChI is InChI=1S/C15H21Cl/c1-2-3-4-5-6-7-8-11-14-12-9-10-13-15(14)16/h2,9-10,12-13H,1,3-8,11H2. The summed E-state index contributed by atoms with van der Waals surface area (Å²) in [6, 6.07) is 8.15. The number of aryl methyl sites for hydroxylation is 1. The second-order valence-electron chi connectivity index (χ2n) is 4.19. The molecule has 0 saturated heterocycles. The van der Waals surface area contributed by atoms with E-state index in [1.54, 1.807) is 0 Å². The first-order valence-corrected chi connectivity index (χ1v) is 6.56. The van der Waals surface area contributed by atoms with Crippen LogP contribution in [0.25, 0.3) is 0 Å². The number of benzene rings is 1. The molecule has 0 amide bonds. The Morgan fingerprint density at radius 2 is 1.69 bits per heavy atom. The van der Waals surface area contributed by atoms with Crippen LogP contribution in [0.2, 0.25) is 5.02 Å². The van der Waals surface area contributed by atoms with E-state index in [1.807, 2.05) is 18.2 Å². The highest BCUT2D eigenvalue weighted by molar-refractivity contribution is 6.31. The number of hydrogen-bond donors (Lipinski definition) is 0. The summed E-state index contributed by atoms with van der Waals surface area (Å²) in [5.74, 6) is 0. The lowest BCUT2D eigenvalue weighted by Crippen LogP contribution is -1.87. The number of halogens is 1. The summed E-state index contributed by atoms with van der Waals surface area (Å²) in [6.45, 7) is 3.73. The monoisotopic (exact) mass is 236 g/mol. The van der Waals surface area contributed by atoms with E-state index in [0.717, 1.165) is 17.9 Å². The maximum absolute atomic E-state index is 6.09. The molecule has 0 N–H and O–H groups in total. The van der Waals surface area contributed by atoms with Crippen LogP contribution in [0.5, 0.6) is 0 Å². The lowest BCUT2D eigenvalue weighted by atomic mass is 10.0. The van der Waals surface area contributed by atoms with Gasteiger partial charge < -0.3 is 0 Å². The van der Waals surface area contributed by atoms with Crippen LogP contribution in [0.15, 0.2) is 36.9 Å². The fourth-order valence-electron chi connectivity index (χ4n) is 1.84. The zero-order valence-corrected chi connectivity index (χ0v) is 10.7. The number of unbranched alkanes of at least 4 members (excludes halogenated alkanes) is 5. The molecule has 0 spiro atoms. The lowest BCUT2D eigenvalue weighted by molar-refractivity contribution is 0.618. The molecule has 1 rings (SSSR count). The summed E-state index contributed by atoms with van der Waals surface area (Å²) in [5.41, 5.74) is 1.29. The van der Waals surface area contributed by atoms with Gasteiger partial charge in [0, 0.05) is 5.02 Å². The van der Waals surface area contributed by atoms with Gasteiger partial charge in [0.05, 0.1) is 0 Å². The molecular weight excluding hydrogens is 216 g/mol. The molecular formula is C15H21Cl. The Bertz CT molecular complexity index is 304. The third-order valence-corrected chi connectivity index (χ3v) is 3.18. The zero-order valence-electron chi connectivity index (χ0n) is 9.92. The zero-order chi connectivity index (χ0) is 11.6. The van der Waals surface area contributed by atoms with Gasteiger partial charge >= 0.3 is 0 Å². The predicted octanol–water partition coefficient (Wildman–Crippen LogP) is 5.41. The molecule has 0 unspecified atom stereocenters. The van der Waals surface area contributed by atoms with E-state index in [1.165, 1.54) is 37.7 Å². The number of allylic oxidation sites excluding steroid dienone is 1. The molecule has 88 valence electrons. The predicted molar refractivity (Wildman–Crippen MR) is 73.1 cm³/mol. The van der Waals surface area contributed by atoms with Crippen LogP contribution in [0.1, 0.15) is 44.1 Å². The van der Waals surface area contributed by atoms with Crippen LogP contribution in [0, 0.1) is 0 Å². The van der Waals surface area contributed by atoms with Gasteiger partial charge in [0.1, 0.15) is 0 Å². The Hall–Kier alpha value is -0.750. The molecule has 1 heteroatoms. The van der Waals surface area contributed by atoms with Crippen LogP contribution < -0.4 is 0 Å². The maximum atomic E-state index is 6.09. The highest BCUT2D eigenvalue weighted by Gasteiger charge is 1.98. The topological polar surface area (TPSA) is 0 Å². The molecule has 0 saturated carbocycles. The smallest absolute Gasteiger partial charge is 0.0437 e. The van der Waals surface area contributed by atoms with Crippen molar-refractivity contribution in [3.63, 3.8) is 0 Å². The maximum Gasteiger partial charge on any atom is 0.0437 e. The summed E-state index contributed by atoms with van der Waals surface area (Å²) in [4.78, 5) is 0. The van der Waals surface area contributed by atoms with E-state index in [2.05, 4.69) is 18.7 Å². The Kier molecular flexibility index (Phi) is 7.00. The molecule has 0 radical (unpaired) electrons. The van der Waals surface area contributed by atoms with Gasteiger partial charge in [0.25, 0.3) is 0 Å². The lowest BCUT2D eigenvalue weighted by Gasteiger charge is -2.03. The van der Waals surface area contributed by atoms with E-state index in [0.29, 0.717) is 0 Å². The molecule has 0 aliphatic carbocycles. The highest BCUT2D eigenvalue weighted by Crippen LogP contribution is 2.18. The molecule has 0 fully saturated rings. The highest BCUT2D eigenvalue weighted by atomic mass is 35.5. The molecule has 0 aliphatic rings.